The van der Waals surface area contributed by atoms with Gasteiger partial charge < -0.3 is 0 Å². The smallest absolute Gasteiger partial charge is 0.207 e. The third kappa shape index (κ3) is 2.38. The quantitative estimate of drug-likeness (QED) is 0.551. The predicted octanol–water partition coefficient (Wildman–Crippen LogP) is 0.481. The van der Waals surface area contributed by atoms with E-state index in [0.717, 1.165) is 5.56 Å². The van der Waals surface area contributed by atoms with Crippen molar-refractivity contribution >= 4 is 0 Å². The Morgan fingerprint density at radius 2 is 2.31 bits per heavy atom. The van der Waals surface area contributed by atoms with Crippen LogP contribution in [-0.4, -0.2) is 31.2 Å². The summed E-state index contributed by atoms with van der Waals surface area (Å²) < 4.78 is 1.53. The fourth-order valence-electron chi connectivity index (χ4n) is 1.25. The van der Waals surface area contributed by atoms with Gasteiger partial charge >= 0.3 is 0 Å². The minimum absolute atomic E-state index is 0.0790. The van der Waals surface area contributed by atoms with E-state index in [9.17, 15) is 10.1 Å². The standard InChI is InChI=1S/C9H9N5O2/c15-14(16)4-3-8-1-2-9(11-5-8)13-7-10-6-12-13/h1-2,5-7H,3-4H2. The molecule has 0 unspecified atom stereocenters. The van der Waals surface area contributed by atoms with Gasteiger partial charge in [0.15, 0.2) is 5.82 Å². The van der Waals surface area contributed by atoms with Crippen LogP contribution in [0.5, 0.6) is 0 Å². The van der Waals surface area contributed by atoms with E-state index in [2.05, 4.69) is 15.1 Å². The van der Waals surface area contributed by atoms with Gasteiger partial charge in [0.2, 0.25) is 6.54 Å². The van der Waals surface area contributed by atoms with E-state index in [4.69, 9.17) is 0 Å². The average molecular weight is 219 g/mol. The number of aromatic nitrogens is 4. The lowest BCUT2D eigenvalue weighted by molar-refractivity contribution is -0.479. The van der Waals surface area contributed by atoms with E-state index < -0.39 is 0 Å². The Morgan fingerprint density at radius 3 is 2.88 bits per heavy atom. The highest BCUT2D eigenvalue weighted by Crippen LogP contribution is 2.04. The molecule has 7 nitrogen and oxygen atoms in total. The predicted molar refractivity (Wildman–Crippen MR) is 54.7 cm³/mol. The number of rotatable bonds is 4. The molecule has 0 aliphatic carbocycles. The average Bonchev–Trinajstić information content (AvgIpc) is 2.80. The zero-order valence-electron chi connectivity index (χ0n) is 8.35. The molecule has 0 aliphatic heterocycles. The first-order chi connectivity index (χ1) is 7.75. The van der Waals surface area contributed by atoms with Gasteiger partial charge in [-0.3, -0.25) is 10.1 Å². The van der Waals surface area contributed by atoms with Crippen LogP contribution in [0.25, 0.3) is 5.82 Å². The van der Waals surface area contributed by atoms with Crippen LogP contribution < -0.4 is 0 Å². The summed E-state index contributed by atoms with van der Waals surface area (Å²) in [7, 11) is 0. The van der Waals surface area contributed by atoms with Crippen molar-refractivity contribution in [3.05, 3.63) is 46.7 Å². The summed E-state index contributed by atoms with van der Waals surface area (Å²) in [4.78, 5) is 17.8. The van der Waals surface area contributed by atoms with Crippen LogP contribution in [-0.2, 0) is 6.42 Å². The normalized spacial score (nSPS) is 10.2. The van der Waals surface area contributed by atoms with Crippen LogP contribution in [0.4, 0.5) is 0 Å². The van der Waals surface area contributed by atoms with E-state index >= 15 is 0 Å². The molecule has 0 amide bonds. The van der Waals surface area contributed by atoms with E-state index in [1.54, 1.807) is 24.7 Å². The maximum Gasteiger partial charge on any atom is 0.207 e. The highest BCUT2D eigenvalue weighted by molar-refractivity contribution is 5.23. The molecule has 0 atom stereocenters. The van der Waals surface area contributed by atoms with Gasteiger partial charge in [0.05, 0.1) is 0 Å². The summed E-state index contributed by atoms with van der Waals surface area (Å²) in [6.45, 7) is -0.0790. The van der Waals surface area contributed by atoms with Crippen LogP contribution >= 0.6 is 0 Å². The number of hydrogen-bond donors (Lipinski definition) is 0. The molecular formula is C9H9N5O2. The molecule has 2 rings (SSSR count). The van der Waals surface area contributed by atoms with Crippen LogP contribution in [0.15, 0.2) is 31.0 Å². The van der Waals surface area contributed by atoms with E-state index in [1.165, 1.54) is 11.0 Å². The second-order valence-corrected chi connectivity index (χ2v) is 3.17. The van der Waals surface area contributed by atoms with Gasteiger partial charge in [-0.2, -0.15) is 5.10 Å². The third-order valence-corrected chi connectivity index (χ3v) is 2.05. The van der Waals surface area contributed by atoms with Crippen LogP contribution in [0.1, 0.15) is 5.56 Å². The Labute approximate surface area is 90.9 Å². The zero-order chi connectivity index (χ0) is 11.4. The highest BCUT2D eigenvalue weighted by Gasteiger charge is 2.02. The molecule has 2 heterocycles. The Bertz CT molecular complexity index is 465. The van der Waals surface area contributed by atoms with Gasteiger partial charge in [0, 0.05) is 17.5 Å². The van der Waals surface area contributed by atoms with Crippen molar-refractivity contribution in [3.63, 3.8) is 0 Å². The van der Waals surface area contributed by atoms with Gasteiger partial charge in [-0.15, -0.1) is 0 Å². The summed E-state index contributed by atoms with van der Waals surface area (Å²) in [5.41, 5.74) is 0.834. The molecule has 0 aromatic carbocycles. The first-order valence-corrected chi connectivity index (χ1v) is 4.67. The lowest BCUT2D eigenvalue weighted by Crippen LogP contribution is -2.05. The Hall–Kier alpha value is -2.31. The fraction of sp³-hybridized carbons (Fsp3) is 0.222. The number of pyridine rings is 1. The number of nitro groups is 1. The Kier molecular flexibility index (Phi) is 2.86. The molecule has 2 aromatic heterocycles. The molecule has 0 aliphatic rings. The second kappa shape index (κ2) is 4.47. The molecule has 0 fully saturated rings. The van der Waals surface area contributed by atoms with Crippen molar-refractivity contribution in [1.29, 1.82) is 0 Å². The Morgan fingerprint density at radius 1 is 1.44 bits per heavy atom. The number of nitrogens with zero attached hydrogens (tertiary/aromatic N) is 5. The second-order valence-electron chi connectivity index (χ2n) is 3.17. The molecule has 0 radical (unpaired) electrons. The van der Waals surface area contributed by atoms with Gasteiger partial charge in [-0.05, 0) is 11.6 Å². The third-order valence-electron chi connectivity index (χ3n) is 2.05. The van der Waals surface area contributed by atoms with Crippen molar-refractivity contribution in [2.75, 3.05) is 6.54 Å². The molecule has 7 heteroatoms. The monoisotopic (exact) mass is 219 g/mol. The van der Waals surface area contributed by atoms with Crippen molar-refractivity contribution < 1.29 is 4.92 Å². The van der Waals surface area contributed by atoms with Crippen LogP contribution in [0.2, 0.25) is 0 Å². The minimum Gasteiger partial charge on any atom is -0.265 e. The maximum absolute atomic E-state index is 10.2. The van der Waals surface area contributed by atoms with Crippen LogP contribution in [0, 0.1) is 10.1 Å². The molecule has 0 saturated heterocycles. The topological polar surface area (TPSA) is 86.7 Å². The summed E-state index contributed by atoms with van der Waals surface area (Å²) in [6, 6.07) is 3.55. The lowest BCUT2D eigenvalue weighted by atomic mass is 10.2. The first kappa shape index (κ1) is 10.2. The maximum atomic E-state index is 10.2. The first-order valence-electron chi connectivity index (χ1n) is 4.67. The summed E-state index contributed by atoms with van der Waals surface area (Å²) in [5, 5.41) is 14.1. The van der Waals surface area contributed by atoms with Gasteiger partial charge in [0.25, 0.3) is 0 Å². The summed E-state index contributed by atoms with van der Waals surface area (Å²) in [5.74, 6) is 0.641. The number of hydrogen-bond acceptors (Lipinski definition) is 5. The molecule has 0 spiro atoms. The van der Waals surface area contributed by atoms with Crippen molar-refractivity contribution in [3.8, 4) is 5.82 Å². The lowest BCUT2D eigenvalue weighted by Gasteiger charge is -2.00. The van der Waals surface area contributed by atoms with E-state index in [0.29, 0.717) is 12.2 Å². The summed E-state index contributed by atoms with van der Waals surface area (Å²) >= 11 is 0. The SMILES string of the molecule is O=[N+]([O-])CCc1ccc(-n2cncn2)nc1. The molecule has 0 saturated carbocycles. The van der Waals surface area contributed by atoms with Crippen molar-refractivity contribution in [1.82, 2.24) is 19.7 Å². The molecule has 82 valence electrons. The molecule has 2 aromatic rings. The highest BCUT2D eigenvalue weighted by atomic mass is 16.6. The minimum atomic E-state index is -0.342. The molecule has 16 heavy (non-hydrogen) atoms. The van der Waals surface area contributed by atoms with E-state index in [1.807, 2.05) is 0 Å². The van der Waals surface area contributed by atoms with Crippen molar-refractivity contribution in [2.45, 2.75) is 6.42 Å². The van der Waals surface area contributed by atoms with Crippen molar-refractivity contribution in [2.24, 2.45) is 0 Å². The van der Waals surface area contributed by atoms with Gasteiger partial charge in [-0.25, -0.2) is 14.6 Å². The van der Waals surface area contributed by atoms with Gasteiger partial charge in [0.1, 0.15) is 12.7 Å². The fourth-order valence-corrected chi connectivity index (χ4v) is 1.25. The molecule has 0 bridgehead atoms. The Balaban J connectivity index is 2.08. The molecule has 0 N–H and O–H groups in total. The van der Waals surface area contributed by atoms with Gasteiger partial charge in [-0.1, -0.05) is 6.07 Å². The van der Waals surface area contributed by atoms with Crippen LogP contribution in [0.3, 0.4) is 0 Å². The summed E-state index contributed by atoms with van der Waals surface area (Å²) in [6.07, 6.45) is 4.96. The largest absolute Gasteiger partial charge is 0.265 e. The molecular weight excluding hydrogens is 210 g/mol. The zero-order valence-corrected chi connectivity index (χ0v) is 8.35. The van der Waals surface area contributed by atoms with E-state index in [-0.39, 0.29) is 11.5 Å².